The van der Waals surface area contributed by atoms with Gasteiger partial charge in [0.1, 0.15) is 17.5 Å². The number of nitrogens with zero attached hydrogens (tertiary/aromatic N) is 3. The monoisotopic (exact) mass is 303 g/mol. The van der Waals surface area contributed by atoms with Crippen LogP contribution in [0.3, 0.4) is 0 Å². The predicted molar refractivity (Wildman–Crippen MR) is 76.7 cm³/mol. The number of hydrogen-bond donors (Lipinski definition) is 0. The summed E-state index contributed by atoms with van der Waals surface area (Å²) in [4.78, 5) is 5.87. The molecule has 0 spiro atoms. The molecule has 0 atom stereocenters. The number of amidine groups is 1. The van der Waals surface area contributed by atoms with Crippen molar-refractivity contribution in [3.63, 3.8) is 0 Å². The van der Waals surface area contributed by atoms with Gasteiger partial charge in [0.15, 0.2) is 0 Å². The SMILES string of the molecule is N#CC1=C(C(F)(F)F)C=C(c2ccccc2)N2CCCN=C12. The maximum absolute atomic E-state index is 13.3. The summed E-state index contributed by atoms with van der Waals surface area (Å²) in [6.07, 6.45) is -2.79. The largest absolute Gasteiger partial charge is 0.417 e. The lowest BCUT2D eigenvalue weighted by atomic mass is 9.96. The van der Waals surface area contributed by atoms with Crippen molar-refractivity contribution in [2.24, 2.45) is 4.99 Å². The smallest absolute Gasteiger partial charge is 0.325 e. The minimum absolute atomic E-state index is 0.127. The van der Waals surface area contributed by atoms with Gasteiger partial charge in [-0.2, -0.15) is 18.4 Å². The number of hydrogen-bond acceptors (Lipinski definition) is 3. The summed E-state index contributed by atoms with van der Waals surface area (Å²) < 4.78 is 39.9. The second-order valence-electron chi connectivity index (χ2n) is 5.00. The lowest BCUT2D eigenvalue weighted by Crippen LogP contribution is -2.39. The Bertz CT molecular complexity index is 721. The molecule has 0 saturated carbocycles. The van der Waals surface area contributed by atoms with Gasteiger partial charge >= 0.3 is 6.18 Å². The lowest BCUT2D eigenvalue weighted by Gasteiger charge is -2.35. The molecule has 0 fully saturated rings. The molecule has 2 aliphatic heterocycles. The summed E-state index contributed by atoms with van der Waals surface area (Å²) in [6, 6.07) is 10.5. The van der Waals surface area contributed by atoms with Crippen molar-refractivity contribution in [1.29, 1.82) is 5.26 Å². The zero-order valence-electron chi connectivity index (χ0n) is 11.6. The molecule has 2 heterocycles. The van der Waals surface area contributed by atoms with Crippen LogP contribution in [0, 0.1) is 11.3 Å². The molecule has 2 aliphatic rings. The van der Waals surface area contributed by atoms with Crippen LogP contribution in [0.1, 0.15) is 12.0 Å². The summed E-state index contributed by atoms with van der Waals surface area (Å²) in [5, 5.41) is 9.18. The molecule has 3 nitrogen and oxygen atoms in total. The molecule has 112 valence electrons. The Hall–Kier alpha value is -2.55. The second-order valence-corrected chi connectivity index (χ2v) is 5.00. The molecule has 0 unspecified atom stereocenters. The van der Waals surface area contributed by atoms with Gasteiger partial charge in [-0.3, -0.25) is 4.99 Å². The number of halogens is 3. The van der Waals surface area contributed by atoms with E-state index in [0.717, 1.165) is 12.5 Å². The molecule has 22 heavy (non-hydrogen) atoms. The number of benzene rings is 1. The summed E-state index contributed by atoms with van der Waals surface area (Å²) in [7, 11) is 0. The maximum Gasteiger partial charge on any atom is 0.417 e. The molecule has 0 saturated heterocycles. The number of alkyl halides is 3. The molecule has 1 aromatic carbocycles. The molecule has 0 aromatic heterocycles. The maximum atomic E-state index is 13.3. The highest BCUT2D eigenvalue weighted by molar-refractivity contribution is 6.09. The molecule has 0 radical (unpaired) electrons. The summed E-state index contributed by atoms with van der Waals surface area (Å²) in [5.74, 6) is 0.127. The van der Waals surface area contributed by atoms with Crippen molar-refractivity contribution in [3.8, 4) is 6.07 Å². The van der Waals surface area contributed by atoms with Gasteiger partial charge in [0.2, 0.25) is 0 Å². The number of nitriles is 1. The van der Waals surface area contributed by atoms with Crippen molar-refractivity contribution in [2.45, 2.75) is 12.6 Å². The molecular weight excluding hydrogens is 291 g/mol. The van der Waals surface area contributed by atoms with E-state index in [-0.39, 0.29) is 5.84 Å². The van der Waals surface area contributed by atoms with E-state index < -0.39 is 17.3 Å². The fourth-order valence-corrected chi connectivity index (χ4v) is 2.64. The Labute approximate surface area is 125 Å². The molecule has 1 aromatic rings. The average molecular weight is 303 g/mol. The van der Waals surface area contributed by atoms with Gasteiger partial charge < -0.3 is 4.90 Å². The van der Waals surface area contributed by atoms with E-state index in [4.69, 9.17) is 0 Å². The molecule has 0 N–H and O–H groups in total. The average Bonchev–Trinajstić information content (AvgIpc) is 2.53. The first-order valence-corrected chi connectivity index (χ1v) is 6.83. The molecule has 6 heteroatoms. The Balaban J connectivity index is 2.23. The molecule has 3 rings (SSSR count). The third-order valence-electron chi connectivity index (χ3n) is 3.61. The van der Waals surface area contributed by atoms with Crippen molar-refractivity contribution in [3.05, 3.63) is 53.1 Å². The normalized spacial score (nSPS) is 18.4. The van der Waals surface area contributed by atoms with E-state index in [9.17, 15) is 18.4 Å². The lowest BCUT2D eigenvalue weighted by molar-refractivity contribution is -0.0886. The highest BCUT2D eigenvalue weighted by atomic mass is 19.4. The van der Waals surface area contributed by atoms with Gasteiger partial charge in [0.25, 0.3) is 0 Å². The first kappa shape index (κ1) is 14.4. The number of fused-ring (bicyclic) bond motifs is 1. The Kier molecular flexibility index (Phi) is 3.49. The third kappa shape index (κ3) is 2.39. The van der Waals surface area contributed by atoms with Crippen molar-refractivity contribution >= 4 is 11.5 Å². The van der Waals surface area contributed by atoms with Crippen LogP contribution in [-0.2, 0) is 0 Å². The van der Waals surface area contributed by atoms with E-state index in [2.05, 4.69) is 4.99 Å². The molecular formula is C16H12F3N3. The minimum atomic E-state index is -4.59. The topological polar surface area (TPSA) is 39.4 Å². The van der Waals surface area contributed by atoms with Crippen LogP contribution in [0.4, 0.5) is 13.2 Å². The Morgan fingerprint density at radius 3 is 2.55 bits per heavy atom. The van der Waals surface area contributed by atoms with Crippen LogP contribution in [0.5, 0.6) is 0 Å². The fourth-order valence-electron chi connectivity index (χ4n) is 2.64. The van der Waals surface area contributed by atoms with Gasteiger partial charge in [-0.05, 0) is 18.1 Å². The van der Waals surface area contributed by atoms with Crippen LogP contribution in [0.15, 0.2) is 52.5 Å². The summed E-state index contributed by atoms with van der Waals surface area (Å²) in [6.45, 7) is 0.986. The first-order chi connectivity index (χ1) is 10.5. The van der Waals surface area contributed by atoms with Crippen LogP contribution in [-0.4, -0.2) is 30.0 Å². The predicted octanol–water partition coefficient (Wildman–Crippen LogP) is 3.53. The van der Waals surface area contributed by atoms with Crippen molar-refractivity contribution in [2.75, 3.05) is 13.1 Å². The van der Waals surface area contributed by atoms with Crippen LogP contribution >= 0.6 is 0 Å². The van der Waals surface area contributed by atoms with Gasteiger partial charge in [0.05, 0.1) is 11.3 Å². The molecule has 0 bridgehead atoms. The van der Waals surface area contributed by atoms with Gasteiger partial charge in [-0.25, -0.2) is 0 Å². The number of allylic oxidation sites excluding steroid dienone is 2. The summed E-state index contributed by atoms with van der Waals surface area (Å²) in [5.41, 5.74) is -0.209. The molecule has 0 aliphatic carbocycles. The number of aliphatic imine (C=N–C) groups is 1. The quantitative estimate of drug-likeness (QED) is 0.796. The number of rotatable bonds is 1. The Morgan fingerprint density at radius 2 is 1.91 bits per heavy atom. The highest BCUT2D eigenvalue weighted by Crippen LogP contribution is 2.38. The van der Waals surface area contributed by atoms with Gasteiger partial charge in [-0.1, -0.05) is 30.3 Å². The first-order valence-electron chi connectivity index (χ1n) is 6.83. The summed E-state index contributed by atoms with van der Waals surface area (Å²) >= 11 is 0. The van der Waals surface area contributed by atoms with Crippen LogP contribution < -0.4 is 0 Å². The van der Waals surface area contributed by atoms with E-state index in [1.54, 1.807) is 41.3 Å². The second kappa shape index (κ2) is 5.34. The van der Waals surface area contributed by atoms with E-state index in [0.29, 0.717) is 24.4 Å². The Morgan fingerprint density at radius 1 is 1.18 bits per heavy atom. The van der Waals surface area contributed by atoms with Gasteiger partial charge in [0, 0.05) is 13.1 Å². The van der Waals surface area contributed by atoms with Crippen molar-refractivity contribution < 1.29 is 13.2 Å². The highest BCUT2D eigenvalue weighted by Gasteiger charge is 2.41. The van der Waals surface area contributed by atoms with Crippen LogP contribution in [0.25, 0.3) is 5.70 Å². The molecule has 0 amide bonds. The van der Waals surface area contributed by atoms with E-state index in [1.165, 1.54) is 0 Å². The van der Waals surface area contributed by atoms with Crippen LogP contribution in [0.2, 0.25) is 0 Å². The van der Waals surface area contributed by atoms with Gasteiger partial charge in [-0.15, -0.1) is 0 Å². The fraction of sp³-hybridized carbons (Fsp3) is 0.250. The van der Waals surface area contributed by atoms with Crippen molar-refractivity contribution in [1.82, 2.24) is 4.90 Å². The minimum Gasteiger partial charge on any atom is -0.325 e. The van der Waals surface area contributed by atoms with E-state index >= 15 is 0 Å². The standard InChI is InChI=1S/C16H12F3N3/c17-16(18,19)13-9-14(11-5-2-1-3-6-11)22-8-4-7-21-15(22)12(13)10-20/h1-3,5-6,9H,4,7-8H2. The zero-order chi connectivity index (χ0) is 15.7. The van der Waals surface area contributed by atoms with E-state index in [1.807, 2.05) is 0 Å². The third-order valence-corrected chi connectivity index (χ3v) is 3.61. The zero-order valence-corrected chi connectivity index (χ0v) is 11.6.